The highest BCUT2D eigenvalue weighted by molar-refractivity contribution is 6.42. The highest BCUT2D eigenvalue weighted by atomic mass is 35.5. The maximum atomic E-state index is 11.1. The zero-order valence-corrected chi connectivity index (χ0v) is 13.2. The molecule has 2 aromatic rings. The molecule has 3 heteroatoms. The van der Waals surface area contributed by atoms with Gasteiger partial charge in [-0.25, -0.2) is 0 Å². The molecule has 0 aromatic heterocycles. The molecular formula is C18H18Cl2O. The van der Waals surface area contributed by atoms with Gasteiger partial charge in [0.05, 0.1) is 16.1 Å². The van der Waals surface area contributed by atoms with Crippen LogP contribution in [0.25, 0.3) is 0 Å². The second-order valence-electron chi connectivity index (χ2n) is 5.77. The average Bonchev–Trinajstić information content (AvgIpc) is 3.01. The first-order valence-electron chi connectivity index (χ1n) is 7.33. The molecule has 3 rings (SSSR count). The van der Waals surface area contributed by atoms with Gasteiger partial charge >= 0.3 is 0 Å². The number of aliphatic hydroxyl groups excluding tert-OH is 1. The van der Waals surface area contributed by atoms with Gasteiger partial charge in [-0.15, -0.1) is 0 Å². The van der Waals surface area contributed by atoms with Crippen LogP contribution >= 0.6 is 23.2 Å². The third kappa shape index (κ3) is 2.59. The number of rotatable bonds is 3. The summed E-state index contributed by atoms with van der Waals surface area (Å²) in [6.07, 6.45) is 3.57. The molecule has 1 saturated carbocycles. The van der Waals surface area contributed by atoms with Gasteiger partial charge in [0.15, 0.2) is 0 Å². The molecule has 0 heterocycles. The molecule has 1 nitrogen and oxygen atoms in total. The van der Waals surface area contributed by atoms with Gasteiger partial charge in [0.25, 0.3) is 0 Å². The van der Waals surface area contributed by atoms with E-state index in [1.54, 1.807) is 6.07 Å². The van der Waals surface area contributed by atoms with E-state index in [4.69, 9.17) is 23.2 Å². The summed E-state index contributed by atoms with van der Waals surface area (Å²) in [6, 6.07) is 15.8. The van der Waals surface area contributed by atoms with Gasteiger partial charge in [-0.2, -0.15) is 0 Å². The summed E-state index contributed by atoms with van der Waals surface area (Å²) >= 11 is 12.4. The summed E-state index contributed by atoms with van der Waals surface area (Å²) in [5.74, 6) is 0. The predicted octanol–water partition coefficient (Wildman–Crippen LogP) is 5.54. The SMILES string of the molecule is OC(c1cccc(Cl)c1Cl)C1(c2ccccc2)CCCC1. The summed E-state index contributed by atoms with van der Waals surface area (Å²) < 4.78 is 0. The van der Waals surface area contributed by atoms with Crippen LogP contribution in [0.2, 0.25) is 10.0 Å². The number of aliphatic hydroxyl groups is 1. The summed E-state index contributed by atoms with van der Waals surface area (Å²) in [5, 5.41) is 12.0. The van der Waals surface area contributed by atoms with E-state index in [1.165, 1.54) is 5.56 Å². The van der Waals surface area contributed by atoms with Gasteiger partial charge < -0.3 is 5.11 Å². The van der Waals surface area contributed by atoms with E-state index in [1.807, 2.05) is 30.3 Å². The van der Waals surface area contributed by atoms with Crippen LogP contribution in [0.1, 0.15) is 42.9 Å². The Morgan fingerprint density at radius 2 is 1.57 bits per heavy atom. The van der Waals surface area contributed by atoms with E-state index in [9.17, 15) is 5.11 Å². The van der Waals surface area contributed by atoms with Crippen LogP contribution < -0.4 is 0 Å². The smallest absolute Gasteiger partial charge is 0.0901 e. The van der Waals surface area contributed by atoms with Crippen molar-refractivity contribution in [3.8, 4) is 0 Å². The molecule has 0 amide bonds. The second kappa shape index (κ2) is 6.00. The Labute approximate surface area is 135 Å². The van der Waals surface area contributed by atoms with Gasteiger partial charge in [0, 0.05) is 11.0 Å². The minimum absolute atomic E-state index is 0.254. The van der Waals surface area contributed by atoms with Crippen LogP contribution in [0.4, 0.5) is 0 Å². The molecule has 1 fully saturated rings. The van der Waals surface area contributed by atoms with Gasteiger partial charge in [0.1, 0.15) is 0 Å². The van der Waals surface area contributed by atoms with Crippen LogP contribution in [0, 0.1) is 0 Å². The molecular weight excluding hydrogens is 303 g/mol. The maximum absolute atomic E-state index is 11.1. The lowest BCUT2D eigenvalue weighted by Crippen LogP contribution is -2.31. The van der Waals surface area contributed by atoms with E-state index in [-0.39, 0.29) is 5.41 Å². The third-order valence-electron chi connectivity index (χ3n) is 4.64. The zero-order chi connectivity index (χ0) is 14.9. The first-order chi connectivity index (χ1) is 10.1. The molecule has 110 valence electrons. The predicted molar refractivity (Wildman–Crippen MR) is 88.0 cm³/mol. The van der Waals surface area contributed by atoms with Crippen LogP contribution in [0.5, 0.6) is 0 Å². The summed E-state index contributed by atoms with van der Waals surface area (Å²) in [6.45, 7) is 0. The van der Waals surface area contributed by atoms with Crippen LogP contribution in [-0.4, -0.2) is 5.11 Å². The topological polar surface area (TPSA) is 20.2 Å². The van der Waals surface area contributed by atoms with Crippen molar-refractivity contribution < 1.29 is 5.11 Å². The Balaban J connectivity index is 2.08. The third-order valence-corrected chi connectivity index (χ3v) is 5.48. The molecule has 1 unspecified atom stereocenters. The van der Waals surface area contributed by atoms with E-state index in [2.05, 4.69) is 12.1 Å². The molecule has 2 aromatic carbocycles. The molecule has 1 aliphatic carbocycles. The summed E-state index contributed by atoms with van der Waals surface area (Å²) in [5.41, 5.74) is 1.66. The lowest BCUT2D eigenvalue weighted by atomic mass is 9.72. The molecule has 1 N–H and O–H groups in total. The van der Waals surface area contributed by atoms with E-state index in [0.29, 0.717) is 10.0 Å². The van der Waals surface area contributed by atoms with Crippen LogP contribution in [-0.2, 0) is 5.41 Å². The summed E-state index contributed by atoms with van der Waals surface area (Å²) in [7, 11) is 0. The van der Waals surface area contributed by atoms with Crippen LogP contribution in [0.3, 0.4) is 0 Å². The first-order valence-corrected chi connectivity index (χ1v) is 8.08. The number of hydrogen-bond acceptors (Lipinski definition) is 1. The molecule has 0 aliphatic heterocycles. The van der Waals surface area contributed by atoms with E-state index >= 15 is 0 Å². The minimum atomic E-state index is -0.631. The quantitative estimate of drug-likeness (QED) is 0.787. The van der Waals surface area contributed by atoms with Crippen molar-refractivity contribution in [3.05, 3.63) is 69.7 Å². The fourth-order valence-electron chi connectivity index (χ4n) is 3.53. The molecule has 1 atom stereocenters. The first kappa shape index (κ1) is 14.9. The largest absolute Gasteiger partial charge is 0.387 e. The lowest BCUT2D eigenvalue weighted by Gasteiger charge is -2.35. The molecule has 0 spiro atoms. The van der Waals surface area contributed by atoms with Crippen molar-refractivity contribution in [2.45, 2.75) is 37.2 Å². The Morgan fingerprint density at radius 3 is 2.24 bits per heavy atom. The van der Waals surface area contributed by atoms with Gasteiger partial charge in [-0.05, 0) is 24.5 Å². The maximum Gasteiger partial charge on any atom is 0.0901 e. The van der Waals surface area contributed by atoms with Gasteiger partial charge in [0.2, 0.25) is 0 Å². The Kier molecular flexibility index (Phi) is 4.26. The molecule has 0 radical (unpaired) electrons. The van der Waals surface area contributed by atoms with Crippen molar-refractivity contribution in [2.24, 2.45) is 0 Å². The lowest BCUT2D eigenvalue weighted by molar-refractivity contribution is 0.0823. The van der Waals surface area contributed by atoms with Crippen molar-refractivity contribution in [3.63, 3.8) is 0 Å². The Hall–Kier alpha value is -1.02. The van der Waals surface area contributed by atoms with Crippen molar-refractivity contribution in [2.75, 3.05) is 0 Å². The normalized spacial score (nSPS) is 18.6. The highest BCUT2D eigenvalue weighted by Crippen LogP contribution is 2.51. The molecule has 21 heavy (non-hydrogen) atoms. The van der Waals surface area contributed by atoms with Gasteiger partial charge in [-0.1, -0.05) is 78.5 Å². The monoisotopic (exact) mass is 320 g/mol. The standard InChI is InChI=1S/C18H18Cl2O/c19-15-10-6-9-14(16(15)20)17(21)18(11-4-5-12-18)13-7-2-1-3-8-13/h1-3,6-10,17,21H,4-5,11-12H2. The molecule has 0 bridgehead atoms. The van der Waals surface area contributed by atoms with E-state index in [0.717, 1.165) is 31.2 Å². The minimum Gasteiger partial charge on any atom is -0.387 e. The molecule has 0 saturated heterocycles. The Morgan fingerprint density at radius 1 is 0.905 bits per heavy atom. The Bertz CT molecular complexity index is 618. The highest BCUT2D eigenvalue weighted by Gasteiger charge is 2.43. The van der Waals surface area contributed by atoms with Gasteiger partial charge in [-0.3, -0.25) is 0 Å². The second-order valence-corrected chi connectivity index (χ2v) is 6.56. The average molecular weight is 321 g/mol. The molecule has 1 aliphatic rings. The van der Waals surface area contributed by atoms with E-state index < -0.39 is 6.10 Å². The number of benzene rings is 2. The van der Waals surface area contributed by atoms with Crippen LogP contribution in [0.15, 0.2) is 48.5 Å². The zero-order valence-electron chi connectivity index (χ0n) is 11.7. The number of hydrogen-bond donors (Lipinski definition) is 1. The fourth-order valence-corrected chi connectivity index (χ4v) is 3.94. The fraction of sp³-hybridized carbons (Fsp3) is 0.333. The van der Waals surface area contributed by atoms with Crippen molar-refractivity contribution in [1.29, 1.82) is 0 Å². The van der Waals surface area contributed by atoms with Crippen molar-refractivity contribution >= 4 is 23.2 Å². The number of halogens is 2. The van der Waals surface area contributed by atoms with Crippen molar-refractivity contribution in [1.82, 2.24) is 0 Å². The summed E-state index contributed by atoms with van der Waals surface area (Å²) in [4.78, 5) is 0.